The molecule has 230 valence electrons. The number of amides is 3. The van der Waals surface area contributed by atoms with Crippen molar-refractivity contribution >= 4 is 46.2 Å². The maximum absolute atomic E-state index is 14.2. The van der Waals surface area contributed by atoms with Gasteiger partial charge in [0, 0.05) is 53.9 Å². The van der Waals surface area contributed by atoms with Crippen molar-refractivity contribution in [3.63, 3.8) is 0 Å². The van der Waals surface area contributed by atoms with Gasteiger partial charge in [0.05, 0.1) is 0 Å². The predicted octanol–water partition coefficient (Wildman–Crippen LogP) is 5.81. The summed E-state index contributed by atoms with van der Waals surface area (Å²) in [5, 5.41) is 4.43. The van der Waals surface area contributed by atoms with Gasteiger partial charge in [-0.3, -0.25) is 19.3 Å². The van der Waals surface area contributed by atoms with Gasteiger partial charge in [-0.1, -0.05) is 30.9 Å². The van der Waals surface area contributed by atoms with Crippen molar-refractivity contribution in [2.75, 3.05) is 13.6 Å². The summed E-state index contributed by atoms with van der Waals surface area (Å²) in [5.41, 5.74) is 0.828. The van der Waals surface area contributed by atoms with E-state index in [1.165, 1.54) is 11.9 Å². The third-order valence-corrected chi connectivity index (χ3v) is 8.85. The quantitative estimate of drug-likeness (QED) is 0.385. The van der Waals surface area contributed by atoms with E-state index in [1.807, 2.05) is 33.9 Å². The standard InChI is InChI=1S/C32H45ClN4O5/c1-20(35(6)31(41)42-32(3,4)5)29(39)34-28(22-11-8-7-9-12-22)30(40)37-16-10-13-24(37)18-36-19-26(21(2)38)25-17-23(33)14-15-27(25)36/h14-15,17,19-20,22,24,28H,7-13,16,18H2,1-6H3,(H,34,39)/t20-,24-,28-/m0/s1. The maximum Gasteiger partial charge on any atom is 0.410 e. The Morgan fingerprint density at radius 3 is 2.43 bits per heavy atom. The van der Waals surface area contributed by atoms with Gasteiger partial charge in [-0.15, -0.1) is 0 Å². The number of nitrogens with one attached hydrogen (secondary N) is 1. The minimum absolute atomic E-state index is 0.0362. The van der Waals surface area contributed by atoms with E-state index in [-0.39, 0.29) is 29.6 Å². The minimum atomic E-state index is -0.809. The zero-order valence-corrected chi connectivity index (χ0v) is 26.5. The SMILES string of the molecule is CC(=O)c1cn(C[C@@H]2CCCN2C(=O)[C@@H](NC(=O)[C@H](C)N(C)C(=O)OC(C)(C)C)C2CCCCC2)c2ccc(Cl)cc12. The first-order valence-electron chi connectivity index (χ1n) is 15.1. The Labute approximate surface area is 253 Å². The predicted molar refractivity (Wildman–Crippen MR) is 164 cm³/mol. The lowest BCUT2D eigenvalue weighted by atomic mass is 9.83. The zero-order chi connectivity index (χ0) is 30.8. The third kappa shape index (κ3) is 7.28. The first kappa shape index (κ1) is 31.9. The highest BCUT2D eigenvalue weighted by atomic mass is 35.5. The van der Waals surface area contributed by atoms with Gasteiger partial charge in [-0.2, -0.15) is 0 Å². The van der Waals surface area contributed by atoms with Gasteiger partial charge in [-0.05, 0) is 84.4 Å². The fourth-order valence-corrected chi connectivity index (χ4v) is 6.38. The number of ketones is 1. The Hall–Kier alpha value is -3.07. The largest absolute Gasteiger partial charge is 0.444 e. The molecule has 0 unspecified atom stereocenters. The fourth-order valence-electron chi connectivity index (χ4n) is 6.21. The number of benzene rings is 1. The Bertz CT molecular complexity index is 1330. The minimum Gasteiger partial charge on any atom is -0.444 e. The zero-order valence-electron chi connectivity index (χ0n) is 25.7. The molecule has 1 saturated heterocycles. The van der Waals surface area contributed by atoms with Gasteiger partial charge in [0.1, 0.15) is 17.7 Å². The summed E-state index contributed by atoms with van der Waals surface area (Å²) >= 11 is 6.24. The van der Waals surface area contributed by atoms with Crippen molar-refractivity contribution in [1.29, 1.82) is 0 Å². The molecule has 9 nitrogen and oxygen atoms in total. The topological polar surface area (TPSA) is 101 Å². The number of hydrogen-bond acceptors (Lipinski definition) is 5. The van der Waals surface area contributed by atoms with E-state index in [2.05, 4.69) is 5.32 Å². The van der Waals surface area contributed by atoms with Crippen molar-refractivity contribution in [2.45, 2.75) is 110 Å². The molecule has 1 N–H and O–H groups in total. The van der Waals surface area contributed by atoms with Crippen LogP contribution < -0.4 is 5.32 Å². The van der Waals surface area contributed by atoms with Crippen LogP contribution in [0.25, 0.3) is 10.9 Å². The number of halogens is 1. The summed E-state index contributed by atoms with van der Waals surface area (Å²) in [6.07, 6.45) is 7.88. The van der Waals surface area contributed by atoms with E-state index in [0.717, 1.165) is 55.8 Å². The van der Waals surface area contributed by atoms with Crippen LogP contribution >= 0.6 is 11.6 Å². The highest BCUT2D eigenvalue weighted by Crippen LogP contribution is 2.31. The molecule has 1 aromatic carbocycles. The Balaban J connectivity index is 1.54. The van der Waals surface area contributed by atoms with Crippen LogP contribution in [0.4, 0.5) is 4.79 Å². The molecule has 1 aliphatic carbocycles. The summed E-state index contributed by atoms with van der Waals surface area (Å²) in [4.78, 5) is 55.9. The lowest BCUT2D eigenvalue weighted by Crippen LogP contribution is -2.57. The molecular weight excluding hydrogens is 556 g/mol. The second kappa shape index (κ2) is 13.1. The van der Waals surface area contributed by atoms with Gasteiger partial charge in [0.2, 0.25) is 11.8 Å². The lowest BCUT2D eigenvalue weighted by molar-refractivity contribution is -0.140. The molecule has 0 spiro atoms. The van der Waals surface area contributed by atoms with Gasteiger partial charge in [0.15, 0.2) is 5.78 Å². The molecule has 3 atom stereocenters. The monoisotopic (exact) mass is 600 g/mol. The molecule has 1 aromatic heterocycles. The molecule has 0 bridgehead atoms. The molecule has 1 aliphatic heterocycles. The number of Topliss-reactive ketones (excluding diaryl/α,β-unsaturated/α-hetero) is 1. The number of nitrogens with zero attached hydrogens (tertiary/aromatic N) is 3. The van der Waals surface area contributed by atoms with E-state index in [0.29, 0.717) is 23.7 Å². The molecule has 2 heterocycles. The second-order valence-corrected chi connectivity index (χ2v) is 13.3. The van der Waals surface area contributed by atoms with Gasteiger partial charge in [0.25, 0.3) is 0 Å². The molecule has 0 radical (unpaired) electrons. The van der Waals surface area contributed by atoms with Crippen molar-refractivity contribution in [1.82, 2.24) is 19.7 Å². The molecule has 4 rings (SSSR count). The Kier molecular flexibility index (Phi) is 9.91. The number of carbonyl (C=O) groups excluding carboxylic acids is 4. The lowest BCUT2D eigenvalue weighted by Gasteiger charge is -2.36. The van der Waals surface area contributed by atoms with E-state index in [1.54, 1.807) is 34.6 Å². The number of ether oxygens (including phenoxy) is 1. The number of aromatic nitrogens is 1. The number of hydrogen-bond donors (Lipinski definition) is 1. The van der Waals surface area contributed by atoms with Crippen LogP contribution in [-0.2, 0) is 20.9 Å². The number of carbonyl (C=O) groups is 4. The Morgan fingerprint density at radius 2 is 1.79 bits per heavy atom. The molecule has 3 amide bonds. The molecule has 1 saturated carbocycles. The van der Waals surface area contributed by atoms with Crippen LogP contribution in [0, 0.1) is 5.92 Å². The average molecular weight is 601 g/mol. The van der Waals surface area contributed by atoms with E-state index < -0.39 is 23.8 Å². The van der Waals surface area contributed by atoms with Crippen LogP contribution in [0.3, 0.4) is 0 Å². The summed E-state index contributed by atoms with van der Waals surface area (Å²) in [6, 6.07) is 3.99. The normalized spacial score (nSPS) is 19.4. The number of likely N-dealkylation sites (N-methyl/N-ethyl adjacent to an activating group) is 1. The first-order valence-corrected chi connectivity index (χ1v) is 15.5. The fraction of sp³-hybridized carbons (Fsp3) is 0.625. The molecule has 2 aromatic rings. The van der Waals surface area contributed by atoms with Crippen molar-refractivity contribution < 1.29 is 23.9 Å². The van der Waals surface area contributed by atoms with E-state index >= 15 is 0 Å². The number of rotatable bonds is 8. The highest BCUT2D eigenvalue weighted by molar-refractivity contribution is 6.31. The first-order chi connectivity index (χ1) is 19.8. The average Bonchev–Trinajstić information content (AvgIpc) is 3.54. The van der Waals surface area contributed by atoms with Crippen LogP contribution in [0.2, 0.25) is 5.02 Å². The maximum atomic E-state index is 14.2. The summed E-state index contributed by atoms with van der Waals surface area (Å²) in [6.45, 7) is 9.68. The van der Waals surface area contributed by atoms with Crippen molar-refractivity contribution in [2.24, 2.45) is 5.92 Å². The van der Waals surface area contributed by atoms with E-state index in [4.69, 9.17) is 16.3 Å². The molecular formula is C32H45ClN4O5. The van der Waals surface area contributed by atoms with Gasteiger partial charge in [-0.25, -0.2) is 4.79 Å². The van der Waals surface area contributed by atoms with Crippen LogP contribution in [0.1, 0.15) is 89.9 Å². The van der Waals surface area contributed by atoms with Gasteiger partial charge < -0.3 is 19.5 Å². The summed E-state index contributed by atoms with van der Waals surface area (Å²) in [5.74, 6) is -0.446. The molecule has 10 heteroatoms. The van der Waals surface area contributed by atoms with Crippen LogP contribution in [0.5, 0.6) is 0 Å². The van der Waals surface area contributed by atoms with Crippen LogP contribution in [-0.4, -0.2) is 75.4 Å². The summed E-state index contributed by atoms with van der Waals surface area (Å²) in [7, 11) is 1.54. The van der Waals surface area contributed by atoms with E-state index in [9.17, 15) is 19.2 Å². The van der Waals surface area contributed by atoms with Crippen LogP contribution in [0.15, 0.2) is 24.4 Å². The second-order valence-electron chi connectivity index (χ2n) is 12.9. The smallest absolute Gasteiger partial charge is 0.410 e. The summed E-state index contributed by atoms with van der Waals surface area (Å²) < 4.78 is 7.49. The Morgan fingerprint density at radius 1 is 1.10 bits per heavy atom. The highest BCUT2D eigenvalue weighted by Gasteiger charge is 2.40. The van der Waals surface area contributed by atoms with Crippen molar-refractivity contribution in [3.8, 4) is 0 Å². The molecule has 2 fully saturated rings. The molecule has 2 aliphatic rings. The number of likely N-dealkylation sites (tertiary alicyclic amines) is 1. The van der Waals surface area contributed by atoms with Crippen molar-refractivity contribution in [3.05, 3.63) is 35.0 Å². The molecule has 42 heavy (non-hydrogen) atoms. The third-order valence-electron chi connectivity index (χ3n) is 8.62. The number of fused-ring (bicyclic) bond motifs is 1. The van der Waals surface area contributed by atoms with Gasteiger partial charge >= 0.3 is 6.09 Å².